The summed E-state index contributed by atoms with van der Waals surface area (Å²) in [6, 6.07) is 10.4. The van der Waals surface area contributed by atoms with Gasteiger partial charge in [0, 0.05) is 30.4 Å². The van der Waals surface area contributed by atoms with E-state index in [0.717, 1.165) is 11.2 Å². The molecule has 0 saturated carbocycles. The van der Waals surface area contributed by atoms with Crippen molar-refractivity contribution >= 4 is 40.0 Å². The molecule has 0 bridgehead atoms. The Morgan fingerprint density at radius 2 is 1.96 bits per heavy atom. The molecule has 24 heavy (non-hydrogen) atoms. The smallest absolute Gasteiger partial charge is 0.240 e. The number of pyridine rings is 1. The molecule has 0 unspecified atom stereocenters. The van der Waals surface area contributed by atoms with Crippen LogP contribution in [0.25, 0.3) is 10.9 Å². The normalized spacial score (nSPS) is 11.0. The number of fused-ring (bicyclic) bond motifs is 1. The molecule has 5 nitrogen and oxygen atoms in total. The Balaban J connectivity index is 1.75. The van der Waals surface area contributed by atoms with Gasteiger partial charge in [-0.15, -0.1) is 0 Å². The topological polar surface area (TPSA) is 56.0 Å². The predicted octanol–water partition coefficient (Wildman–Crippen LogP) is 2.96. The molecule has 3 rings (SSSR count). The van der Waals surface area contributed by atoms with Gasteiger partial charge >= 0.3 is 0 Å². The Morgan fingerprint density at radius 1 is 1.21 bits per heavy atom. The van der Waals surface area contributed by atoms with Crippen molar-refractivity contribution in [1.29, 1.82) is 0 Å². The lowest BCUT2D eigenvalue weighted by atomic mass is 10.2. The second-order valence-corrected chi connectivity index (χ2v) is 6.20. The summed E-state index contributed by atoms with van der Waals surface area (Å²) < 4.78 is 3.47. The highest BCUT2D eigenvalue weighted by molar-refractivity contribution is 6.41. The van der Waals surface area contributed by atoms with Gasteiger partial charge in [0.15, 0.2) is 5.43 Å². The average molecular weight is 364 g/mol. The van der Waals surface area contributed by atoms with E-state index in [0.29, 0.717) is 22.1 Å². The van der Waals surface area contributed by atoms with E-state index in [9.17, 15) is 9.59 Å². The Bertz CT molecular complexity index is 976. The highest BCUT2D eigenvalue weighted by Crippen LogP contribution is 2.24. The zero-order chi connectivity index (χ0) is 17.3. The van der Waals surface area contributed by atoms with Crippen molar-refractivity contribution in [3.8, 4) is 0 Å². The quantitative estimate of drug-likeness (QED) is 0.774. The molecular formula is C17H15Cl2N3O2. The number of hydrogen-bond acceptors (Lipinski definition) is 2. The molecule has 1 aromatic carbocycles. The summed E-state index contributed by atoms with van der Waals surface area (Å²) >= 11 is 12.0. The number of carbonyl (C=O) groups excluding carboxylic acids is 1. The number of halogens is 2. The highest BCUT2D eigenvalue weighted by Gasteiger charge is 2.11. The van der Waals surface area contributed by atoms with Gasteiger partial charge in [0.2, 0.25) is 5.91 Å². The molecule has 0 aliphatic carbocycles. The van der Waals surface area contributed by atoms with Gasteiger partial charge in [0.1, 0.15) is 11.7 Å². The van der Waals surface area contributed by atoms with Crippen LogP contribution in [0.4, 0.5) is 0 Å². The first kappa shape index (κ1) is 16.6. The number of rotatable bonds is 4. The van der Waals surface area contributed by atoms with Gasteiger partial charge in [0.05, 0.1) is 17.1 Å². The molecule has 0 spiro atoms. The van der Waals surface area contributed by atoms with Gasteiger partial charge in [0.25, 0.3) is 0 Å². The Labute approximate surface area is 148 Å². The molecule has 1 N–H and O–H groups in total. The number of hydrogen-bond donors (Lipinski definition) is 1. The molecule has 7 heteroatoms. The molecule has 0 aliphatic heterocycles. The third-order valence-electron chi connectivity index (χ3n) is 3.88. The summed E-state index contributed by atoms with van der Waals surface area (Å²) in [6.45, 7) is 0.437. The van der Waals surface area contributed by atoms with Crippen molar-refractivity contribution in [1.82, 2.24) is 14.5 Å². The first-order chi connectivity index (χ1) is 11.5. The first-order valence-electron chi connectivity index (χ1n) is 7.32. The number of nitrogens with one attached hydrogen (secondary N) is 1. The van der Waals surface area contributed by atoms with Gasteiger partial charge in [-0.3, -0.25) is 9.59 Å². The molecule has 3 aromatic rings. The standard InChI is InChI=1S/C17H15Cl2N3O2/c1-21-11(8-13(18)17(21)19)9-20-16(24)10-22-7-6-15(23)12-4-2-3-5-14(12)22/h2-8H,9-10H2,1H3,(H,20,24). The number of aromatic nitrogens is 2. The Kier molecular flexibility index (Phi) is 4.64. The van der Waals surface area contributed by atoms with Crippen molar-refractivity contribution in [3.05, 3.63) is 68.7 Å². The summed E-state index contributed by atoms with van der Waals surface area (Å²) in [7, 11) is 1.78. The lowest BCUT2D eigenvalue weighted by Crippen LogP contribution is -2.28. The van der Waals surface area contributed by atoms with E-state index in [1.165, 1.54) is 6.07 Å². The third-order valence-corrected chi connectivity index (χ3v) is 4.72. The third kappa shape index (κ3) is 3.18. The molecule has 2 aromatic heterocycles. The first-order valence-corrected chi connectivity index (χ1v) is 8.07. The monoisotopic (exact) mass is 363 g/mol. The maximum atomic E-state index is 12.2. The van der Waals surface area contributed by atoms with Crippen LogP contribution in [0.1, 0.15) is 5.69 Å². The van der Waals surface area contributed by atoms with Crippen LogP contribution in [0.3, 0.4) is 0 Å². The molecule has 0 fully saturated rings. The molecule has 0 atom stereocenters. The summed E-state index contributed by atoms with van der Waals surface area (Å²) in [5.74, 6) is -0.169. The van der Waals surface area contributed by atoms with Crippen LogP contribution >= 0.6 is 23.2 Å². The van der Waals surface area contributed by atoms with E-state index in [1.807, 2.05) is 12.1 Å². The number of benzene rings is 1. The average Bonchev–Trinajstić information content (AvgIpc) is 2.83. The van der Waals surface area contributed by atoms with Crippen molar-refractivity contribution < 1.29 is 4.79 Å². The lowest BCUT2D eigenvalue weighted by molar-refractivity contribution is -0.121. The van der Waals surface area contributed by atoms with Crippen LogP contribution < -0.4 is 10.7 Å². The zero-order valence-corrected chi connectivity index (χ0v) is 14.4. The minimum atomic E-state index is -0.169. The van der Waals surface area contributed by atoms with Gasteiger partial charge < -0.3 is 14.5 Å². The van der Waals surface area contributed by atoms with Crippen molar-refractivity contribution in [2.24, 2.45) is 7.05 Å². The summed E-state index contributed by atoms with van der Waals surface area (Å²) in [5.41, 5.74) is 1.48. The van der Waals surface area contributed by atoms with Crippen LogP contribution in [0, 0.1) is 0 Å². The van der Waals surface area contributed by atoms with E-state index >= 15 is 0 Å². The van der Waals surface area contributed by atoms with Crippen molar-refractivity contribution in [2.75, 3.05) is 0 Å². The van der Waals surface area contributed by atoms with Crippen LogP contribution in [-0.2, 0) is 24.9 Å². The number of nitrogens with zero attached hydrogens (tertiary/aromatic N) is 2. The van der Waals surface area contributed by atoms with Gasteiger partial charge in [-0.05, 0) is 18.2 Å². The van der Waals surface area contributed by atoms with Crippen LogP contribution in [0.5, 0.6) is 0 Å². The van der Waals surface area contributed by atoms with Crippen molar-refractivity contribution in [2.45, 2.75) is 13.1 Å². The van der Waals surface area contributed by atoms with Gasteiger partial charge in [-0.25, -0.2) is 0 Å². The van der Waals surface area contributed by atoms with Crippen molar-refractivity contribution in [3.63, 3.8) is 0 Å². The van der Waals surface area contributed by atoms with E-state index in [1.54, 1.807) is 40.6 Å². The molecular weight excluding hydrogens is 349 g/mol. The Morgan fingerprint density at radius 3 is 2.67 bits per heavy atom. The minimum absolute atomic E-state index is 0.0599. The molecule has 1 amide bonds. The van der Waals surface area contributed by atoms with Crippen LogP contribution in [0.2, 0.25) is 10.2 Å². The number of para-hydroxylation sites is 1. The molecule has 0 radical (unpaired) electrons. The Hall–Kier alpha value is -2.24. The molecule has 0 saturated heterocycles. The molecule has 124 valence electrons. The fourth-order valence-electron chi connectivity index (χ4n) is 2.56. The second-order valence-electron chi connectivity index (χ2n) is 5.44. The van der Waals surface area contributed by atoms with Gasteiger partial charge in [-0.2, -0.15) is 0 Å². The molecule has 0 aliphatic rings. The summed E-state index contributed by atoms with van der Waals surface area (Å²) in [5, 5.41) is 4.31. The minimum Gasteiger partial charge on any atom is -0.349 e. The zero-order valence-electron chi connectivity index (χ0n) is 12.9. The maximum Gasteiger partial charge on any atom is 0.240 e. The second kappa shape index (κ2) is 6.71. The van der Waals surface area contributed by atoms with Crippen LogP contribution in [-0.4, -0.2) is 15.0 Å². The van der Waals surface area contributed by atoms with E-state index in [-0.39, 0.29) is 17.9 Å². The van der Waals surface area contributed by atoms with Crippen LogP contribution in [0.15, 0.2) is 47.4 Å². The van der Waals surface area contributed by atoms with E-state index in [2.05, 4.69) is 5.32 Å². The predicted molar refractivity (Wildman–Crippen MR) is 95.5 cm³/mol. The highest BCUT2D eigenvalue weighted by atomic mass is 35.5. The van der Waals surface area contributed by atoms with E-state index in [4.69, 9.17) is 23.2 Å². The fraction of sp³-hybridized carbons (Fsp3) is 0.176. The lowest BCUT2D eigenvalue weighted by Gasteiger charge is -2.11. The SMILES string of the molecule is Cn1c(CNC(=O)Cn2ccc(=O)c3ccccc32)cc(Cl)c1Cl. The number of carbonyl (C=O) groups is 1. The summed E-state index contributed by atoms with van der Waals surface area (Å²) in [4.78, 5) is 24.1. The largest absolute Gasteiger partial charge is 0.349 e. The number of amides is 1. The molecule has 2 heterocycles. The van der Waals surface area contributed by atoms with E-state index < -0.39 is 0 Å². The maximum absolute atomic E-state index is 12.2. The summed E-state index contributed by atoms with van der Waals surface area (Å²) in [6.07, 6.45) is 1.63. The fourth-order valence-corrected chi connectivity index (χ4v) is 2.97. The van der Waals surface area contributed by atoms with Gasteiger partial charge in [-0.1, -0.05) is 35.3 Å².